The molecule has 0 unspecified atom stereocenters. The lowest BCUT2D eigenvalue weighted by atomic mass is 10.1. The third-order valence-electron chi connectivity index (χ3n) is 3.38. The van der Waals surface area contributed by atoms with Gasteiger partial charge in [-0.1, -0.05) is 0 Å². The largest absolute Gasteiger partial charge is 0.344 e. The van der Waals surface area contributed by atoms with Crippen LogP contribution in [0.25, 0.3) is 5.69 Å². The van der Waals surface area contributed by atoms with Crippen molar-refractivity contribution >= 4 is 17.4 Å². The van der Waals surface area contributed by atoms with E-state index >= 15 is 0 Å². The second kappa shape index (κ2) is 3.16. The van der Waals surface area contributed by atoms with Gasteiger partial charge in [0, 0.05) is 6.54 Å². The molecular formula is C10H9ClN6. The molecule has 4 heterocycles. The molecule has 2 aliphatic rings. The first kappa shape index (κ1) is 9.35. The van der Waals surface area contributed by atoms with Crippen LogP contribution in [0.2, 0.25) is 5.28 Å². The molecule has 2 aliphatic heterocycles. The minimum atomic E-state index is 0.274. The van der Waals surface area contributed by atoms with Crippen molar-refractivity contribution in [2.75, 3.05) is 11.4 Å². The van der Waals surface area contributed by atoms with E-state index < -0.39 is 0 Å². The molecule has 4 rings (SSSR count). The molecule has 0 aliphatic carbocycles. The van der Waals surface area contributed by atoms with Gasteiger partial charge in [0.15, 0.2) is 11.6 Å². The number of aromatic nitrogens is 5. The van der Waals surface area contributed by atoms with Crippen molar-refractivity contribution in [1.82, 2.24) is 24.7 Å². The van der Waals surface area contributed by atoms with Gasteiger partial charge in [-0.05, 0) is 24.4 Å². The van der Waals surface area contributed by atoms with Gasteiger partial charge in [0.1, 0.15) is 12.0 Å². The summed E-state index contributed by atoms with van der Waals surface area (Å²) in [5.41, 5.74) is 0.910. The summed E-state index contributed by atoms with van der Waals surface area (Å²) >= 11 is 5.88. The Labute approximate surface area is 102 Å². The molecule has 0 aromatic carbocycles. The Morgan fingerprint density at radius 1 is 1.41 bits per heavy atom. The highest BCUT2D eigenvalue weighted by atomic mass is 35.5. The molecule has 2 aromatic rings. The first-order valence-electron chi connectivity index (χ1n) is 5.54. The lowest BCUT2D eigenvalue weighted by molar-refractivity contribution is 0.620. The quantitative estimate of drug-likeness (QED) is 0.659. The molecule has 7 heteroatoms. The Morgan fingerprint density at radius 3 is 3.29 bits per heavy atom. The molecule has 0 amide bonds. The van der Waals surface area contributed by atoms with Crippen LogP contribution in [0.3, 0.4) is 0 Å². The summed E-state index contributed by atoms with van der Waals surface area (Å²) in [6, 6.07) is 0.274. The normalized spacial score (nSPS) is 21.0. The van der Waals surface area contributed by atoms with Crippen LogP contribution in [-0.4, -0.2) is 31.3 Å². The van der Waals surface area contributed by atoms with Crippen LogP contribution in [0, 0.1) is 0 Å². The Morgan fingerprint density at radius 2 is 2.35 bits per heavy atom. The van der Waals surface area contributed by atoms with E-state index in [1.54, 1.807) is 12.5 Å². The van der Waals surface area contributed by atoms with Crippen molar-refractivity contribution in [2.24, 2.45) is 0 Å². The van der Waals surface area contributed by atoms with Crippen molar-refractivity contribution in [3.8, 4) is 5.69 Å². The van der Waals surface area contributed by atoms with Crippen molar-refractivity contribution in [3.63, 3.8) is 0 Å². The van der Waals surface area contributed by atoms with Crippen LogP contribution in [0.4, 0.5) is 5.82 Å². The van der Waals surface area contributed by atoms with E-state index in [1.807, 2.05) is 4.57 Å². The number of halogens is 1. The van der Waals surface area contributed by atoms with E-state index in [4.69, 9.17) is 11.6 Å². The van der Waals surface area contributed by atoms with Crippen LogP contribution in [0.5, 0.6) is 0 Å². The molecule has 0 radical (unpaired) electrons. The lowest BCUT2D eigenvalue weighted by Crippen LogP contribution is -2.31. The minimum Gasteiger partial charge on any atom is -0.344 e. The predicted octanol–water partition coefficient (Wildman–Crippen LogP) is 1.37. The number of hydrogen-bond donors (Lipinski definition) is 0. The molecule has 0 spiro atoms. The van der Waals surface area contributed by atoms with Gasteiger partial charge in [-0.3, -0.25) is 4.57 Å². The average molecular weight is 249 g/mol. The Hall–Kier alpha value is -1.69. The third-order valence-corrected chi connectivity index (χ3v) is 3.56. The molecule has 1 fully saturated rings. The molecule has 1 saturated heterocycles. The number of fused-ring (bicyclic) bond motifs is 6. The SMILES string of the molecule is Clc1ncc2c(n1)N1CCC[C@@H]1c1nncn1-2. The fraction of sp³-hybridized carbons (Fsp3) is 0.400. The van der Waals surface area contributed by atoms with Gasteiger partial charge in [-0.25, -0.2) is 4.98 Å². The van der Waals surface area contributed by atoms with E-state index in [1.165, 1.54) is 0 Å². The smallest absolute Gasteiger partial charge is 0.224 e. The van der Waals surface area contributed by atoms with Crippen molar-refractivity contribution in [1.29, 1.82) is 0 Å². The van der Waals surface area contributed by atoms with Crippen LogP contribution in [-0.2, 0) is 0 Å². The molecule has 0 bridgehead atoms. The summed E-state index contributed by atoms with van der Waals surface area (Å²) in [5, 5.41) is 8.47. The second-order valence-corrected chi connectivity index (χ2v) is 4.60. The second-order valence-electron chi connectivity index (χ2n) is 4.26. The van der Waals surface area contributed by atoms with Crippen molar-refractivity contribution < 1.29 is 0 Å². The maximum atomic E-state index is 5.88. The minimum absolute atomic E-state index is 0.274. The third kappa shape index (κ3) is 1.16. The molecule has 17 heavy (non-hydrogen) atoms. The van der Waals surface area contributed by atoms with Crippen LogP contribution in [0.15, 0.2) is 12.5 Å². The summed E-state index contributed by atoms with van der Waals surface area (Å²) in [7, 11) is 0. The van der Waals surface area contributed by atoms with Crippen molar-refractivity contribution in [2.45, 2.75) is 18.9 Å². The van der Waals surface area contributed by atoms with Crippen LogP contribution < -0.4 is 4.90 Å². The highest BCUT2D eigenvalue weighted by Crippen LogP contribution is 2.41. The first-order chi connectivity index (χ1) is 8.34. The number of hydrogen-bond acceptors (Lipinski definition) is 5. The zero-order chi connectivity index (χ0) is 11.4. The molecule has 6 nitrogen and oxygen atoms in total. The number of nitrogens with zero attached hydrogens (tertiary/aromatic N) is 6. The summed E-state index contributed by atoms with van der Waals surface area (Å²) in [4.78, 5) is 10.6. The monoisotopic (exact) mass is 248 g/mol. The first-order valence-corrected chi connectivity index (χ1v) is 5.92. The van der Waals surface area contributed by atoms with E-state index in [0.29, 0.717) is 0 Å². The lowest BCUT2D eigenvalue weighted by Gasteiger charge is -2.31. The van der Waals surface area contributed by atoms with Gasteiger partial charge in [-0.15, -0.1) is 10.2 Å². The van der Waals surface area contributed by atoms with Gasteiger partial charge in [0.2, 0.25) is 5.28 Å². The van der Waals surface area contributed by atoms with Crippen LogP contribution >= 0.6 is 11.6 Å². The summed E-state index contributed by atoms with van der Waals surface area (Å²) in [6.45, 7) is 0.984. The van der Waals surface area contributed by atoms with Gasteiger partial charge < -0.3 is 4.90 Å². The van der Waals surface area contributed by atoms with Gasteiger partial charge in [0.05, 0.1) is 12.2 Å². The predicted molar refractivity (Wildman–Crippen MR) is 61.3 cm³/mol. The summed E-state index contributed by atoms with van der Waals surface area (Å²) in [6.07, 6.45) is 5.66. The van der Waals surface area contributed by atoms with E-state index in [9.17, 15) is 0 Å². The van der Waals surface area contributed by atoms with Gasteiger partial charge >= 0.3 is 0 Å². The fourth-order valence-corrected chi connectivity index (χ4v) is 2.80. The molecule has 0 saturated carbocycles. The highest BCUT2D eigenvalue weighted by molar-refractivity contribution is 6.28. The van der Waals surface area contributed by atoms with E-state index in [-0.39, 0.29) is 11.3 Å². The van der Waals surface area contributed by atoms with Gasteiger partial charge in [-0.2, -0.15) is 4.98 Å². The molecule has 1 atom stereocenters. The summed E-state index contributed by atoms with van der Waals surface area (Å²) in [5.74, 6) is 1.86. The molecule has 2 aromatic heterocycles. The maximum absolute atomic E-state index is 5.88. The Kier molecular flexibility index (Phi) is 1.74. The highest BCUT2D eigenvalue weighted by Gasteiger charge is 2.37. The van der Waals surface area contributed by atoms with Crippen molar-refractivity contribution in [3.05, 3.63) is 23.6 Å². The zero-order valence-corrected chi connectivity index (χ0v) is 9.67. The number of anilines is 1. The van der Waals surface area contributed by atoms with E-state index in [2.05, 4.69) is 25.1 Å². The Balaban J connectivity index is 2.03. The van der Waals surface area contributed by atoms with Gasteiger partial charge in [0.25, 0.3) is 0 Å². The van der Waals surface area contributed by atoms with E-state index in [0.717, 1.165) is 36.7 Å². The molecule has 0 N–H and O–H groups in total. The molecule has 86 valence electrons. The zero-order valence-electron chi connectivity index (χ0n) is 8.91. The summed E-state index contributed by atoms with van der Waals surface area (Å²) < 4.78 is 1.96. The average Bonchev–Trinajstić information content (AvgIpc) is 2.97. The number of rotatable bonds is 0. The van der Waals surface area contributed by atoms with Crippen LogP contribution in [0.1, 0.15) is 24.7 Å². The topological polar surface area (TPSA) is 59.7 Å². The Bertz CT molecular complexity index is 594. The molecular weight excluding hydrogens is 240 g/mol. The standard InChI is InChI=1S/C10H9ClN6/c11-10-12-4-7-8(14-10)16-3-1-2-6(16)9-15-13-5-17(7)9/h4-6H,1-3H2/t6-/m1/s1. The fourth-order valence-electron chi connectivity index (χ4n) is 2.67. The maximum Gasteiger partial charge on any atom is 0.224 e.